The van der Waals surface area contributed by atoms with Crippen LogP contribution < -0.4 is 5.73 Å². The molecule has 104 valence electrons. The predicted molar refractivity (Wildman–Crippen MR) is 82.4 cm³/mol. The number of amides is 1. The Morgan fingerprint density at radius 1 is 1.15 bits per heavy atom. The molecule has 2 rings (SSSR count). The Balaban J connectivity index is 2.18. The topological polar surface area (TPSA) is 46.3 Å². The highest BCUT2D eigenvalue weighted by atomic mass is 16.2. The summed E-state index contributed by atoms with van der Waals surface area (Å²) in [6.45, 7) is 5.22. The van der Waals surface area contributed by atoms with Gasteiger partial charge in [0.2, 0.25) is 0 Å². The molecule has 2 N–H and O–H groups in total. The van der Waals surface area contributed by atoms with Crippen molar-refractivity contribution in [2.24, 2.45) is 0 Å². The number of anilines is 1. The molecule has 20 heavy (non-hydrogen) atoms. The summed E-state index contributed by atoms with van der Waals surface area (Å²) in [5, 5.41) is 0. The number of aryl methyl sites for hydroxylation is 1. The lowest BCUT2D eigenvalue weighted by Gasteiger charge is -2.21. The second kappa shape index (κ2) is 6.24. The van der Waals surface area contributed by atoms with Gasteiger partial charge in [-0.25, -0.2) is 0 Å². The fraction of sp³-hybridized carbons (Fsp3) is 0.235. The van der Waals surface area contributed by atoms with E-state index >= 15 is 0 Å². The molecule has 0 radical (unpaired) electrons. The third-order valence-corrected chi connectivity index (χ3v) is 3.26. The van der Waals surface area contributed by atoms with E-state index < -0.39 is 0 Å². The van der Waals surface area contributed by atoms with Gasteiger partial charge in [-0.1, -0.05) is 29.8 Å². The van der Waals surface area contributed by atoms with E-state index in [0.717, 1.165) is 22.4 Å². The number of nitrogens with two attached hydrogens (primary N) is 1. The van der Waals surface area contributed by atoms with Crippen molar-refractivity contribution in [2.75, 3.05) is 12.3 Å². The van der Waals surface area contributed by atoms with Crippen LogP contribution in [-0.2, 0) is 6.54 Å². The zero-order valence-corrected chi connectivity index (χ0v) is 12.0. The normalized spacial score (nSPS) is 10.3. The van der Waals surface area contributed by atoms with Gasteiger partial charge in [0.05, 0.1) is 0 Å². The quantitative estimate of drug-likeness (QED) is 0.865. The van der Waals surface area contributed by atoms with Crippen LogP contribution in [0.2, 0.25) is 0 Å². The Kier molecular flexibility index (Phi) is 4.41. The zero-order valence-electron chi connectivity index (χ0n) is 12.0. The molecule has 0 aromatic heterocycles. The molecule has 0 saturated heterocycles. The highest BCUT2D eigenvalue weighted by Crippen LogP contribution is 2.13. The molecule has 3 nitrogen and oxygen atoms in total. The van der Waals surface area contributed by atoms with E-state index in [2.05, 4.69) is 0 Å². The van der Waals surface area contributed by atoms with Crippen LogP contribution in [-0.4, -0.2) is 17.4 Å². The van der Waals surface area contributed by atoms with Gasteiger partial charge in [0.1, 0.15) is 0 Å². The third-order valence-electron chi connectivity index (χ3n) is 3.26. The van der Waals surface area contributed by atoms with Crippen molar-refractivity contribution in [3.05, 3.63) is 65.2 Å². The van der Waals surface area contributed by atoms with Crippen LogP contribution in [0.25, 0.3) is 0 Å². The Morgan fingerprint density at radius 2 is 1.90 bits per heavy atom. The second-order valence-electron chi connectivity index (χ2n) is 4.93. The fourth-order valence-electron chi connectivity index (χ4n) is 2.20. The Bertz CT molecular complexity index is 607. The van der Waals surface area contributed by atoms with Gasteiger partial charge in [-0.05, 0) is 43.7 Å². The summed E-state index contributed by atoms with van der Waals surface area (Å²) >= 11 is 0. The van der Waals surface area contributed by atoms with Gasteiger partial charge in [0, 0.05) is 24.3 Å². The van der Waals surface area contributed by atoms with Crippen molar-refractivity contribution in [3.63, 3.8) is 0 Å². The first-order chi connectivity index (χ1) is 9.60. The molecule has 0 aliphatic rings. The summed E-state index contributed by atoms with van der Waals surface area (Å²) in [5.74, 6) is 0.0543. The molecular weight excluding hydrogens is 248 g/mol. The van der Waals surface area contributed by atoms with Crippen LogP contribution in [0.3, 0.4) is 0 Å². The Hall–Kier alpha value is -2.29. The maximum atomic E-state index is 12.5. The maximum Gasteiger partial charge on any atom is 0.254 e. The number of benzene rings is 2. The van der Waals surface area contributed by atoms with Crippen molar-refractivity contribution < 1.29 is 4.79 Å². The largest absolute Gasteiger partial charge is 0.399 e. The summed E-state index contributed by atoms with van der Waals surface area (Å²) in [6.07, 6.45) is 0. The number of hydrogen-bond acceptors (Lipinski definition) is 2. The molecule has 0 aliphatic carbocycles. The number of carbonyl (C=O) groups excluding carboxylic acids is 1. The highest BCUT2D eigenvalue weighted by molar-refractivity contribution is 5.94. The van der Waals surface area contributed by atoms with E-state index in [-0.39, 0.29) is 5.91 Å². The van der Waals surface area contributed by atoms with Crippen molar-refractivity contribution in [1.29, 1.82) is 0 Å². The van der Waals surface area contributed by atoms with Crippen LogP contribution >= 0.6 is 0 Å². The van der Waals surface area contributed by atoms with Gasteiger partial charge in [-0.2, -0.15) is 0 Å². The maximum absolute atomic E-state index is 12.5. The highest BCUT2D eigenvalue weighted by Gasteiger charge is 2.14. The smallest absolute Gasteiger partial charge is 0.254 e. The lowest BCUT2D eigenvalue weighted by molar-refractivity contribution is 0.0752. The van der Waals surface area contributed by atoms with E-state index in [1.165, 1.54) is 0 Å². The lowest BCUT2D eigenvalue weighted by Crippen LogP contribution is -2.30. The van der Waals surface area contributed by atoms with Crippen molar-refractivity contribution in [2.45, 2.75) is 20.4 Å². The SMILES string of the molecule is CCN(Cc1cccc(N)c1)C(=O)c1cccc(C)c1. The number of nitrogen functional groups attached to an aromatic ring is 1. The van der Waals surface area contributed by atoms with Crippen LogP contribution in [0.4, 0.5) is 5.69 Å². The Labute approximate surface area is 120 Å². The van der Waals surface area contributed by atoms with Gasteiger partial charge in [-0.15, -0.1) is 0 Å². The van der Waals surface area contributed by atoms with Crippen molar-refractivity contribution in [3.8, 4) is 0 Å². The van der Waals surface area contributed by atoms with Gasteiger partial charge >= 0.3 is 0 Å². The average Bonchev–Trinajstić information content (AvgIpc) is 2.44. The van der Waals surface area contributed by atoms with Gasteiger partial charge in [-0.3, -0.25) is 4.79 Å². The van der Waals surface area contributed by atoms with Crippen molar-refractivity contribution in [1.82, 2.24) is 4.90 Å². The first kappa shape index (κ1) is 14.1. The van der Waals surface area contributed by atoms with E-state index in [1.54, 1.807) is 0 Å². The summed E-state index contributed by atoms with van der Waals surface area (Å²) in [6, 6.07) is 15.3. The third kappa shape index (κ3) is 3.38. The fourth-order valence-corrected chi connectivity index (χ4v) is 2.20. The average molecular weight is 268 g/mol. The minimum Gasteiger partial charge on any atom is -0.399 e. The van der Waals surface area contributed by atoms with Crippen molar-refractivity contribution >= 4 is 11.6 Å². The van der Waals surface area contributed by atoms with E-state index in [4.69, 9.17) is 5.73 Å². The number of rotatable bonds is 4. The van der Waals surface area contributed by atoms with E-state index in [9.17, 15) is 4.79 Å². The zero-order chi connectivity index (χ0) is 14.5. The molecule has 0 heterocycles. The molecule has 0 saturated carbocycles. The minimum absolute atomic E-state index is 0.0543. The number of nitrogens with zero attached hydrogens (tertiary/aromatic N) is 1. The summed E-state index contributed by atoms with van der Waals surface area (Å²) in [4.78, 5) is 14.3. The first-order valence-electron chi connectivity index (χ1n) is 6.80. The van der Waals surface area contributed by atoms with Crippen LogP contribution in [0.1, 0.15) is 28.4 Å². The summed E-state index contributed by atoms with van der Waals surface area (Å²) < 4.78 is 0. The summed E-state index contributed by atoms with van der Waals surface area (Å²) in [5.41, 5.74) is 9.38. The minimum atomic E-state index is 0.0543. The van der Waals surface area contributed by atoms with E-state index in [1.807, 2.05) is 67.3 Å². The van der Waals surface area contributed by atoms with Gasteiger partial charge < -0.3 is 10.6 Å². The molecule has 0 unspecified atom stereocenters. The Morgan fingerprint density at radius 3 is 2.55 bits per heavy atom. The van der Waals surface area contributed by atoms with E-state index in [0.29, 0.717) is 13.1 Å². The number of hydrogen-bond donors (Lipinski definition) is 1. The van der Waals surface area contributed by atoms with Crippen LogP contribution in [0, 0.1) is 6.92 Å². The molecule has 0 atom stereocenters. The molecule has 1 amide bonds. The van der Waals surface area contributed by atoms with Crippen LogP contribution in [0.5, 0.6) is 0 Å². The number of carbonyl (C=O) groups is 1. The molecule has 0 bridgehead atoms. The van der Waals surface area contributed by atoms with Gasteiger partial charge in [0.15, 0.2) is 0 Å². The monoisotopic (exact) mass is 268 g/mol. The molecule has 0 spiro atoms. The molecule has 2 aromatic rings. The standard InChI is InChI=1S/C17H20N2O/c1-3-19(12-14-7-5-9-16(18)11-14)17(20)15-8-4-6-13(2)10-15/h4-11H,3,12,18H2,1-2H3. The van der Waals surface area contributed by atoms with Gasteiger partial charge in [0.25, 0.3) is 5.91 Å². The first-order valence-corrected chi connectivity index (χ1v) is 6.80. The molecule has 2 aromatic carbocycles. The molecule has 0 fully saturated rings. The molecule has 3 heteroatoms. The lowest BCUT2D eigenvalue weighted by atomic mass is 10.1. The summed E-state index contributed by atoms with van der Waals surface area (Å²) in [7, 11) is 0. The molecule has 0 aliphatic heterocycles. The second-order valence-corrected chi connectivity index (χ2v) is 4.93. The predicted octanol–water partition coefficient (Wildman–Crippen LogP) is 3.24. The molecular formula is C17H20N2O. The van der Waals surface area contributed by atoms with Crippen LogP contribution in [0.15, 0.2) is 48.5 Å².